The van der Waals surface area contributed by atoms with Crippen molar-refractivity contribution in [2.75, 3.05) is 24.1 Å². The second-order valence-corrected chi connectivity index (χ2v) is 5.99. The molecule has 110 valence electrons. The summed E-state index contributed by atoms with van der Waals surface area (Å²) in [6.45, 7) is 7.87. The van der Waals surface area contributed by atoms with E-state index in [1.165, 1.54) is 12.8 Å². The van der Waals surface area contributed by atoms with E-state index >= 15 is 0 Å². The highest BCUT2D eigenvalue weighted by Gasteiger charge is 2.28. The van der Waals surface area contributed by atoms with Crippen LogP contribution in [-0.2, 0) is 4.79 Å². The third kappa shape index (κ3) is 3.31. The molecule has 1 fully saturated rings. The Hall–Kier alpha value is -1.55. The summed E-state index contributed by atoms with van der Waals surface area (Å²) in [5, 5.41) is 2.98. The zero-order valence-corrected chi connectivity index (χ0v) is 12.6. The fraction of sp³-hybridized carbons (Fsp3) is 0.562. The minimum absolute atomic E-state index is 0.0475. The molecular weight excluding hydrogens is 250 g/mol. The zero-order chi connectivity index (χ0) is 14.7. The van der Waals surface area contributed by atoms with Crippen molar-refractivity contribution in [3.63, 3.8) is 0 Å². The van der Waals surface area contributed by atoms with Crippen molar-refractivity contribution in [3.8, 4) is 0 Å². The van der Waals surface area contributed by atoms with Crippen LogP contribution in [0.25, 0.3) is 0 Å². The van der Waals surface area contributed by atoms with Gasteiger partial charge in [0.15, 0.2) is 0 Å². The highest BCUT2D eigenvalue weighted by Crippen LogP contribution is 2.24. The molecule has 1 aromatic rings. The van der Waals surface area contributed by atoms with Gasteiger partial charge in [0.2, 0.25) is 5.91 Å². The Bertz CT molecular complexity index is 485. The molecule has 1 heterocycles. The summed E-state index contributed by atoms with van der Waals surface area (Å²) in [5.74, 6) is 0.644. The summed E-state index contributed by atoms with van der Waals surface area (Å²) in [4.78, 5) is 14.5. The van der Waals surface area contributed by atoms with Gasteiger partial charge in [0.25, 0.3) is 0 Å². The molecule has 4 heteroatoms. The lowest BCUT2D eigenvalue weighted by Crippen LogP contribution is -2.39. The third-order valence-electron chi connectivity index (χ3n) is 4.18. The van der Waals surface area contributed by atoms with Gasteiger partial charge in [0.1, 0.15) is 0 Å². The van der Waals surface area contributed by atoms with E-state index in [9.17, 15) is 4.79 Å². The number of hydrogen-bond acceptors (Lipinski definition) is 3. The average Bonchev–Trinajstić information content (AvgIpc) is 2.83. The summed E-state index contributed by atoms with van der Waals surface area (Å²) in [6.07, 6.45) is 2.38. The summed E-state index contributed by atoms with van der Waals surface area (Å²) < 4.78 is 0. The first-order valence-electron chi connectivity index (χ1n) is 7.38. The van der Waals surface area contributed by atoms with E-state index in [1.807, 2.05) is 25.1 Å². The molecule has 1 aliphatic rings. The number of carbonyl (C=O) groups is 1. The van der Waals surface area contributed by atoms with Gasteiger partial charge in [-0.2, -0.15) is 0 Å². The van der Waals surface area contributed by atoms with Gasteiger partial charge in [0, 0.05) is 17.4 Å². The van der Waals surface area contributed by atoms with Gasteiger partial charge < -0.3 is 11.1 Å². The Labute approximate surface area is 121 Å². The molecule has 0 radical (unpaired) electrons. The van der Waals surface area contributed by atoms with Crippen molar-refractivity contribution < 1.29 is 4.79 Å². The summed E-state index contributed by atoms with van der Waals surface area (Å²) in [7, 11) is 0. The lowest BCUT2D eigenvalue weighted by Gasteiger charge is -2.27. The Balaban J connectivity index is 1.97. The fourth-order valence-corrected chi connectivity index (χ4v) is 2.97. The maximum absolute atomic E-state index is 12.2. The van der Waals surface area contributed by atoms with Crippen molar-refractivity contribution in [1.29, 1.82) is 0 Å². The summed E-state index contributed by atoms with van der Waals surface area (Å²) in [6, 6.07) is 6.14. The van der Waals surface area contributed by atoms with E-state index in [0.717, 1.165) is 17.8 Å². The molecule has 0 bridgehead atoms. The van der Waals surface area contributed by atoms with Gasteiger partial charge >= 0.3 is 0 Å². The molecule has 3 N–H and O–H groups in total. The zero-order valence-electron chi connectivity index (χ0n) is 12.6. The number of rotatable bonds is 4. The monoisotopic (exact) mass is 275 g/mol. The number of hydrogen-bond donors (Lipinski definition) is 2. The average molecular weight is 275 g/mol. The van der Waals surface area contributed by atoms with E-state index in [0.29, 0.717) is 24.2 Å². The molecule has 2 rings (SSSR count). The lowest BCUT2D eigenvalue weighted by molar-refractivity contribution is -0.117. The second kappa shape index (κ2) is 6.27. The molecule has 0 saturated carbocycles. The molecule has 1 atom stereocenters. The summed E-state index contributed by atoms with van der Waals surface area (Å²) >= 11 is 0. The molecule has 20 heavy (non-hydrogen) atoms. The van der Waals surface area contributed by atoms with Gasteiger partial charge in [0.05, 0.1) is 6.54 Å². The predicted molar refractivity (Wildman–Crippen MR) is 83.7 cm³/mol. The number of carbonyl (C=O) groups excluding carboxylic acids is 1. The topological polar surface area (TPSA) is 58.4 Å². The fourth-order valence-electron chi connectivity index (χ4n) is 2.97. The third-order valence-corrected chi connectivity index (χ3v) is 4.18. The largest absolute Gasteiger partial charge is 0.398 e. The molecule has 1 aliphatic heterocycles. The first-order chi connectivity index (χ1) is 9.49. The summed E-state index contributed by atoms with van der Waals surface area (Å²) in [5.41, 5.74) is 8.32. The molecule has 0 aliphatic carbocycles. The maximum Gasteiger partial charge on any atom is 0.238 e. The minimum atomic E-state index is 0.0475. The van der Waals surface area contributed by atoms with Gasteiger partial charge in [-0.05, 0) is 49.9 Å². The van der Waals surface area contributed by atoms with Crippen LogP contribution in [-0.4, -0.2) is 29.9 Å². The van der Waals surface area contributed by atoms with Crippen LogP contribution in [0.4, 0.5) is 11.4 Å². The van der Waals surface area contributed by atoms with Crippen molar-refractivity contribution in [2.24, 2.45) is 5.92 Å². The van der Waals surface area contributed by atoms with Gasteiger partial charge in [-0.3, -0.25) is 9.69 Å². The molecular formula is C16H25N3O. The molecule has 0 spiro atoms. The molecule has 1 unspecified atom stereocenters. The van der Waals surface area contributed by atoms with E-state index in [-0.39, 0.29) is 5.91 Å². The first-order valence-corrected chi connectivity index (χ1v) is 7.38. The molecule has 1 aromatic carbocycles. The Kier molecular flexibility index (Phi) is 4.65. The van der Waals surface area contributed by atoms with Crippen molar-refractivity contribution in [1.82, 2.24) is 4.90 Å². The van der Waals surface area contributed by atoms with Crippen LogP contribution in [0, 0.1) is 12.8 Å². The quantitative estimate of drug-likeness (QED) is 0.831. The van der Waals surface area contributed by atoms with Crippen LogP contribution in [0.15, 0.2) is 18.2 Å². The van der Waals surface area contributed by atoms with Gasteiger partial charge in [-0.15, -0.1) is 0 Å². The van der Waals surface area contributed by atoms with Crippen molar-refractivity contribution >= 4 is 17.3 Å². The van der Waals surface area contributed by atoms with E-state index in [2.05, 4.69) is 24.1 Å². The van der Waals surface area contributed by atoms with Crippen LogP contribution in [0.5, 0.6) is 0 Å². The number of likely N-dealkylation sites (tertiary alicyclic amines) is 1. The number of amides is 1. The van der Waals surface area contributed by atoms with E-state index < -0.39 is 0 Å². The number of nitrogens with zero attached hydrogens (tertiary/aromatic N) is 1. The number of nitrogens with two attached hydrogens (primary N) is 1. The van der Waals surface area contributed by atoms with Crippen LogP contribution < -0.4 is 11.1 Å². The lowest BCUT2D eigenvalue weighted by atomic mass is 10.0. The second-order valence-electron chi connectivity index (χ2n) is 5.99. The highest BCUT2D eigenvalue weighted by molar-refractivity contribution is 5.93. The first kappa shape index (κ1) is 14.9. The van der Waals surface area contributed by atoms with Crippen molar-refractivity contribution in [3.05, 3.63) is 23.8 Å². The SMILES string of the molecule is Cc1c(N)cccc1NC(=O)CN1CCCC1C(C)C. The minimum Gasteiger partial charge on any atom is -0.398 e. The van der Waals surface area contributed by atoms with Crippen LogP contribution in [0.1, 0.15) is 32.3 Å². The highest BCUT2D eigenvalue weighted by atomic mass is 16.2. The molecule has 0 aromatic heterocycles. The van der Waals surface area contributed by atoms with Crippen LogP contribution in [0.2, 0.25) is 0 Å². The Morgan fingerprint density at radius 3 is 2.95 bits per heavy atom. The number of benzene rings is 1. The van der Waals surface area contributed by atoms with Crippen LogP contribution >= 0.6 is 0 Å². The van der Waals surface area contributed by atoms with E-state index in [1.54, 1.807) is 0 Å². The number of anilines is 2. The normalized spacial score (nSPS) is 19.5. The number of nitrogens with one attached hydrogen (secondary N) is 1. The maximum atomic E-state index is 12.2. The molecule has 1 saturated heterocycles. The van der Waals surface area contributed by atoms with Crippen molar-refractivity contribution in [2.45, 2.75) is 39.7 Å². The Morgan fingerprint density at radius 2 is 2.25 bits per heavy atom. The molecule has 1 amide bonds. The number of nitrogen functional groups attached to an aromatic ring is 1. The smallest absolute Gasteiger partial charge is 0.238 e. The standard InChI is InChI=1S/C16H25N3O/c1-11(2)15-8-5-9-19(15)10-16(20)18-14-7-4-6-13(17)12(14)3/h4,6-7,11,15H,5,8-10,17H2,1-3H3,(H,18,20). The predicted octanol–water partition coefficient (Wildman–Crippen LogP) is 2.64. The van der Waals surface area contributed by atoms with Gasteiger partial charge in [-0.25, -0.2) is 0 Å². The molecule has 4 nitrogen and oxygen atoms in total. The van der Waals surface area contributed by atoms with Gasteiger partial charge in [-0.1, -0.05) is 19.9 Å². The Morgan fingerprint density at radius 1 is 1.50 bits per heavy atom. The van der Waals surface area contributed by atoms with E-state index in [4.69, 9.17) is 5.73 Å². The van der Waals surface area contributed by atoms with Crippen LogP contribution in [0.3, 0.4) is 0 Å².